The molecule has 1 aliphatic carbocycles. The third-order valence-corrected chi connectivity index (χ3v) is 7.66. The molecule has 1 spiro atoms. The second kappa shape index (κ2) is 8.30. The van der Waals surface area contributed by atoms with Gasteiger partial charge in [-0.2, -0.15) is 13.2 Å². The molecule has 1 atom stereocenters. The summed E-state index contributed by atoms with van der Waals surface area (Å²) in [5.74, 6) is -0.503. The first-order valence-electron chi connectivity index (χ1n) is 10.6. The smallest absolute Gasteiger partial charge is 0.416 e. The lowest BCUT2D eigenvalue weighted by molar-refractivity contribution is -0.137. The van der Waals surface area contributed by atoms with Crippen LogP contribution in [-0.4, -0.2) is 43.3 Å². The summed E-state index contributed by atoms with van der Waals surface area (Å²) in [4.78, 5) is 16.2. The maximum atomic E-state index is 13.6. The Kier molecular flexibility index (Phi) is 5.96. The summed E-state index contributed by atoms with van der Waals surface area (Å²) in [5, 5.41) is 3.21. The molecule has 1 amide bonds. The number of hydrogen-bond acceptors (Lipinski definition) is 4. The van der Waals surface area contributed by atoms with Crippen molar-refractivity contribution in [3.63, 3.8) is 0 Å². The van der Waals surface area contributed by atoms with E-state index in [4.69, 9.17) is 4.74 Å². The van der Waals surface area contributed by atoms with Crippen LogP contribution < -0.4 is 10.1 Å². The van der Waals surface area contributed by atoms with Crippen molar-refractivity contribution in [3.8, 4) is 5.75 Å². The highest BCUT2D eigenvalue weighted by Crippen LogP contribution is 2.51. The molecule has 1 saturated heterocycles. The summed E-state index contributed by atoms with van der Waals surface area (Å²) in [6.07, 6.45) is 1.17. The van der Waals surface area contributed by atoms with Crippen LogP contribution in [0.1, 0.15) is 47.2 Å². The second-order valence-electron chi connectivity index (χ2n) is 8.74. The number of ether oxygens (including phenoxy) is 1. The van der Waals surface area contributed by atoms with Crippen LogP contribution in [0.15, 0.2) is 47.4 Å². The lowest BCUT2D eigenvalue weighted by Gasteiger charge is -2.47. The molecule has 4 rings (SSSR count). The standard InChI is InChI=1S/C24H27F3N2O2S/c1-29-15-23(12-11-22(29)9-10-22,16-7-5-4-6-8-16)28-21(30)20-18(31-2)13-17(24(25,26)27)14-19(20)32-3/h4-8,13-14H,9-12,15H2,1-3H3,(H,28,30). The first kappa shape index (κ1) is 23.0. The third kappa shape index (κ3) is 4.10. The van der Waals surface area contributed by atoms with Gasteiger partial charge in [-0.15, -0.1) is 11.8 Å². The molecule has 0 bridgehead atoms. The number of rotatable bonds is 5. The lowest BCUT2D eigenvalue weighted by Crippen LogP contribution is -2.59. The van der Waals surface area contributed by atoms with Crippen LogP contribution in [0.2, 0.25) is 0 Å². The Hall–Kier alpha value is -2.19. The fourth-order valence-electron chi connectivity index (χ4n) is 4.81. The maximum Gasteiger partial charge on any atom is 0.416 e. The molecule has 8 heteroatoms. The average molecular weight is 465 g/mol. The number of carbonyl (C=O) groups excluding carboxylic acids is 1. The predicted octanol–water partition coefficient (Wildman–Crippen LogP) is 5.32. The SMILES string of the molecule is COc1cc(C(F)(F)F)cc(SC)c1C(=O)NC1(c2ccccc2)CCC2(CC2)N(C)C1. The van der Waals surface area contributed by atoms with Crippen LogP contribution in [0.5, 0.6) is 5.75 Å². The van der Waals surface area contributed by atoms with Crippen LogP contribution in [0.4, 0.5) is 13.2 Å². The summed E-state index contributed by atoms with van der Waals surface area (Å²) >= 11 is 1.10. The molecule has 2 aliphatic rings. The van der Waals surface area contributed by atoms with Gasteiger partial charge in [0.25, 0.3) is 5.91 Å². The van der Waals surface area contributed by atoms with Crippen molar-refractivity contribution >= 4 is 17.7 Å². The van der Waals surface area contributed by atoms with E-state index in [-0.39, 0.29) is 21.7 Å². The Labute approximate surface area is 190 Å². The van der Waals surface area contributed by atoms with Crippen LogP contribution in [0, 0.1) is 0 Å². The topological polar surface area (TPSA) is 41.6 Å². The lowest BCUT2D eigenvalue weighted by atomic mass is 9.79. The Bertz CT molecular complexity index is 983. The van der Waals surface area contributed by atoms with Gasteiger partial charge in [-0.3, -0.25) is 9.69 Å². The predicted molar refractivity (Wildman–Crippen MR) is 119 cm³/mol. The quantitative estimate of drug-likeness (QED) is 0.609. The van der Waals surface area contributed by atoms with Crippen molar-refractivity contribution in [2.24, 2.45) is 0 Å². The number of halogens is 3. The normalized spacial score (nSPS) is 22.6. The largest absolute Gasteiger partial charge is 0.496 e. The molecule has 1 aliphatic heterocycles. The van der Waals surface area contributed by atoms with E-state index in [1.807, 2.05) is 30.3 Å². The fraction of sp³-hybridized carbons (Fsp3) is 0.458. The summed E-state index contributed by atoms with van der Waals surface area (Å²) in [7, 11) is 3.37. The number of likely N-dealkylation sites (N-methyl/N-ethyl adjacent to an activating group) is 1. The molecule has 172 valence electrons. The molecule has 2 fully saturated rings. The molecular formula is C24H27F3N2O2S. The number of nitrogens with zero attached hydrogens (tertiary/aromatic N) is 1. The zero-order chi connectivity index (χ0) is 23.1. The Morgan fingerprint density at radius 2 is 1.78 bits per heavy atom. The molecule has 2 aromatic carbocycles. The summed E-state index contributed by atoms with van der Waals surface area (Å²) < 4.78 is 45.3. The van der Waals surface area contributed by atoms with Crippen molar-refractivity contribution in [1.29, 1.82) is 0 Å². The zero-order valence-corrected chi connectivity index (χ0v) is 19.2. The van der Waals surface area contributed by atoms with Crippen molar-refractivity contribution in [2.75, 3.05) is 27.0 Å². The van der Waals surface area contributed by atoms with E-state index in [2.05, 4.69) is 17.3 Å². The number of alkyl halides is 3. The van der Waals surface area contributed by atoms with Gasteiger partial charge in [0.05, 0.1) is 23.8 Å². The molecule has 0 radical (unpaired) electrons. The van der Waals surface area contributed by atoms with E-state index in [9.17, 15) is 18.0 Å². The van der Waals surface area contributed by atoms with Crippen molar-refractivity contribution in [1.82, 2.24) is 10.2 Å². The van der Waals surface area contributed by atoms with Gasteiger partial charge in [-0.25, -0.2) is 0 Å². The van der Waals surface area contributed by atoms with E-state index in [0.29, 0.717) is 6.54 Å². The Balaban J connectivity index is 1.73. The average Bonchev–Trinajstić information content (AvgIpc) is 3.56. The Morgan fingerprint density at radius 1 is 1.12 bits per heavy atom. The van der Waals surface area contributed by atoms with Crippen molar-refractivity contribution in [2.45, 2.75) is 47.8 Å². The minimum atomic E-state index is -4.53. The van der Waals surface area contributed by atoms with Crippen LogP contribution in [0.25, 0.3) is 0 Å². The van der Waals surface area contributed by atoms with Crippen molar-refractivity contribution in [3.05, 3.63) is 59.2 Å². The molecule has 1 N–H and O–H groups in total. The van der Waals surface area contributed by atoms with Gasteiger partial charge in [0.15, 0.2) is 0 Å². The molecule has 1 unspecified atom stereocenters. The third-order valence-electron chi connectivity index (χ3n) is 6.90. The van der Waals surface area contributed by atoms with Crippen LogP contribution >= 0.6 is 11.8 Å². The van der Waals surface area contributed by atoms with E-state index in [1.165, 1.54) is 7.11 Å². The second-order valence-corrected chi connectivity index (χ2v) is 9.58. The molecular weight excluding hydrogens is 437 g/mol. The number of hydrogen-bond donors (Lipinski definition) is 1. The number of thioether (sulfide) groups is 1. The number of likely N-dealkylation sites (tertiary alicyclic amines) is 1. The van der Waals surface area contributed by atoms with Crippen LogP contribution in [0.3, 0.4) is 0 Å². The highest BCUT2D eigenvalue weighted by atomic mass is 32.2. The van der Waals surface area contributed by atoms with Gasteiger partial charge < -0.3 is 10.1 Å². The molecule has 32 heavy (non-hydrogen) atoms. The first-order valence-corrected chi connectivity index (χ1v) is 11.8. The number of benzene rings is 2. The summed E-state index contributed by atoms with van der Waals surface area (Å²) in [6.45, 7) is 0.639. The van der Waals surface area contributed by atoms with Gasteiger partial charge in [-0.1, -0.05) is 30.3 Å². The molecule has 1 saturated carbocycles. The summed E-state index contributed by atoms with van der Waals surface area (Å²) in [6, 6.07) is 11.7. The number of amides is 1. The summed E-state index contributed by atoms with van der Waals surface area (Å²) in [5.41, 5.74) is -0.116. The Morgan fingerprint density at radius 3 is 2.31 bits per heavy atom. The van der Waals surface area contributed by atoms with E-state index < -0.39 is 23.2 Å². The van der Waals surface area contributed by atoms with Gasteiger partial charge in [-0.05, 0) is 56.7 Å². The van der Waals surface area contributed by atoms with Gasteiger partial charge >= 0.3 is 6.18 Å². The fourth-order valence-corrected chi connectivity index (χ4v) is 5.45. The zero-order valence-electron chi connectivity index (χ0n) is 18.4. The highest BCUT2D eigenvalue weighted by molar-refractivity contribution is 7.98. The number of nitrogens with one attached hydrogen (secondary N) is 1. The number of piperidine rings is 1. The minimum Gasteiger partial charge on any atom is -0.496 e. The molecule has 4 nitrogen and oxygen atoms in total. The van der Waals surface area contributed by atoms with Gasteiger partial charge in [0.2, 0.25) is 0 Å². The molecule has 0 aromatic heterocycles. The monoisotopic (exact) mass is 464 g/mol. The van der Waals surface area contributed by atoms with Crippen molar-refractivity contribution < 1.29 is 22.7 Å². The van der Waals surface area contributed by atoms with Gasteiger partial charge in [0, 0.05) is 17.0 Å². The number of methoxy groups -OCH3 is 1. The van der Waals surface area contributed by atoms with Crippen LogP contribution in [-0.2, 0) is 11.7 Å². The number of carbonyl (C=O) groups is 1. The van der Waals surface area contributed by atoms with Gasteiger partial charge in [0.1, 0.15) is 5.75 Å². The molecule has 1 heterocycles. The van der Waals surface area contributed by atoms with E-state index in [0.717, 1.165) is 55.1 Å². The minimum absolute atomic E-state index is 0.0762. The maximum absolute atomic E-state index is 13.6. The molecule has 2 aromatic rings. The highest BCUT2D eigenvalue weighted by Gasteiger charge is 2.54. The van der Waals surface area contributed by atoms with E-state index >= 15 is 0 Å². The first-order chi connectivity index (χ1) is 15.1. The van der Waals surface area contributed by atoms with E-state index in [1.54, 1.807) is 6.26 Å².